The summed E-state index contributed by atoms with van der Waals surface area (Å²) in [5, 5.41) is 9.08. The van der Waals surface area contributed by atoms with Gasteiger partial charge in [0.15, 0.2) is 0 Å². The summed E-state index contributed by atoms with van der Waals surface area (Å²) in [4.78, 5) is 38.2. The quantitative estimate of drug-likeness (QED) is 0.810. The molecule has 0 aliphatic carbocycles. The van der Waals surface area contributed by atoms with Crippen molar-refractivity contribution >= 4 is 39.1 Å². The molecule has 2 N–H and O–H groups in total. The molecule has 0 fully saturated rings. The van der Waals surface area contributed by atoms with E-state index in [1.54, 1.807) is 0 Å². The van der Waals surface area contributed by atoms with Crippen molar-refractivity contribution in [2.45, 2.75) is 11.1 Å². The van der Waals surface area contributed by atoms with Gasteiger partial charge in [-0.3, -0.25) is 14.6 Å². The van der Waals surface area contributed by atoms with Gasteiger partial charge in [0.2, 0.25) is 0 Å². The van der Waals surface area contributed by atoms with Gasteiger partial charge in [-0.2, -0.15) is 5.26 Å². The Morgan fingerprint density at radius 1 is 1.44 bits per heavy atom. The molecule has 0 unspecified atom stereocenters. The molecule has 0 aliphatic rings. The molecule has 0 saturated carbocycles. The first-order valence-corrected chi connectivity index (χ1v) is 6.64. The summed E-state index contributed by atoms with van der Waals surface area (Å²) in [7, 11) is 0. The zero-order chi connectivity index (χ0) is 13.3. The Balaban J connectivity index is 2.66. The molecular formula is C10H7N3O3S2. The van der Waals surface area contributed by atoms with Gasteiger partial charge in [-0.1, -0.05) is 0 Å². The van der Waals surface area contributed by atoms with Crippen LogP contribution in [0.1, 0.15) is 12.5 Å². The maximum absolute atomic E-state index is 11.6. The van der Waals surface area contributed by atoms with E-state index in [0.717, 1.165) is 11.3 Å². The molecular weight excluding hydrogens is 274 g/mol. The molecule has 8 heteroatoms. The number of nitriles is 1. The lowest BCUT2D eigenvalue weighted by Gasteiger charge is -1.94. The standard InChI is InChI=1S/C10H7N3O3S2/c1-4(14)3-17-9-5(2-11)6-7(18-9)8(15)13-10(16)12-6/h3H2,1H3,(H2,12,13,15,16). The smallest absolute Gasteiger partial charge is 0.305 e. The average molecular weight is 281 g/mol. The van der Waals surface area contributed by atoms with E-state index < -0.39 is 11.2 Å². The number of aromatic amines is 2. The van der Waals surface area contributed by atoms with E-state index in [1.807, 2.05) is 6.07 Å². The number of carbonyl (C=O) groups is 1. The van der Waals surface area contributed by atoms with Crippen LogP contribution in [0.4, 0.5) is 0 Å². The number of nitrogens with zero attached hydrogens (tertiary/aromatic N) is 1. The summed E-state index contributed by atoms with van der Waals surface area (Å²) in [6.07, 6.45) is 0. The third-order valence-electron chi connectivity index (χ3n) is 2.07. The van der Waals surface area contributed by atoms with E-state index in [2.05, 4.69) is 9.97 Å². The molecule has 0 bridgehead atoms. The summed E-state index contributed by atoms with van der Waals surface area (Å²) < 4.78 is 0.854. The number of Topliss-reactive ketones (excluding diaryl/α,β-unsaturated/α-hetero) is 1. The first kappa shape index (κ1) is 12.6. The largest absolute Gasteiger partial charge is 0.326 e. The molecule has 2 heterocycles. The molecule has 0 radical (unpaired) electrons. The topological polar surface area (TPSA) is 107 Å². The summed E-state index contributed by atoms with van der Waals surface area (Å²) >= 11 is 2.29. The molecule has 2 rings (SSSR count). The Hall–Kier alpha value is -1.85. The molecule has 0 aromatic carbocycles. The second kappa shape index (κ2) is 4.80. The van der Waals surface area contributed by atoms with Gasteiger partial charge in [0.25, 0.3) is 5.56 Å². The SMILES string of the molecule is CC(=O)CSc1sc2c(=O)[nH]c(=O)[nH]c2c1C#N. The van der Waals surface area contributed by atoms with Crippen molar-refractivity contribution in [1.29, 1.82) is 5.26 Å². The van der Waals surface area contributed by atoms with Gasteiger partial charge in [-0.05, 0) is 6.92 Å². The number of ketones is 1. The van der Waals surface area contributed by atoms with Crippen LogP contribution < -0.4 is 11.2 Å². The lowest BCUT2D eigenvalue weighted by molar-refractivity contribution is -0.114. The molecule has 0 saturated heterocycles. The van der Waals surface area contributed by atoms with Crippen molar-refractivity contribution in [3.05, 3.63) is 26.4 Å². The lowest BCUT2D eigenvalue weighted by Crippen LogP contribution is -2.20. The first-order valence-electron chi connectivity index (χ1n) is 4.84. The van der Waals surface area contributed by atoms with Crippen LogP contribution in [-0.4, -0.2) is 21.5 Å². The molecule has 0 amide bonds. The molecule has 18 heavy (non-hydrogen) atoms. The second-order valence-corrected chi connectivity index (χ2v) is 5.74. The normalized spacial score (nSPS) is 10.4. The van der Waals surface area contributed by atoms with Crippen molar-refractivity contribution < 1.29 is 4.79 Å². The second-order valence-electron chi connectivity index (χ2n) is 3.48. The van der Waals surface area contributed by atoms with E-state index in [0.29, 0.717) is 4.21 Å². The Bertz CT molecular complexity index is 778. The van der Waals surface area contributed by atoms with Gasteiger partial charge in [0, 0.05) is 0 Å². The number of H-pyrrole nitrogens is 2. The highest BCUT2D eigenvalue weighted by molar-refractivity contribution is 8.02. The predicted molar refractivity (Wildman–Crippen MR) is 69.2 cm³/mol. The van der Waals surface area contributed by atoms with E-state index in [4.69, 9.17) is 5.26 Å². The van der Waals surface area contributed by atoms with Crippen LogP contribution in [-0.2, 0) is 4.79 Å². The zero-order valence-corrected chi connectivity index (χ0v) is 10.8. The number of rotatable bonds is 3. The highest BCUT2D eigenvalue weighted by atomic mass is 32.2. The molecule has 92 valence electrons. The van der Waals surface area contributed by atoms with Crippen molar-refractivity contribution in [2.24, 2.45) is 0 Å². The van der Waals surface area contributed by atoms with Gasteiger partial charge >= 0.3 is 5.69 Å². The number of hydrogen-bond acceptors (Lipinski definition) is 6. The highest BCUT2D eigenvalue weighted by Gasteiger charge is 2.16. The fourth-order valence-corrected chi connectivity index (χ4v) is 3.49. The number of nitrogens with one attached hydrogen (secondary N) is 2. The van der Waals surface area contributed by atoms with E-state index in [9.17, 15) is 14.4 Å². The van der Waals surface area contributed by atoms with Crippen LogP contribution in [0.3, 0.4) is 0 Å². The van der Waals surface area contributed by atoms with Crippen molar-refractivity contribution in [3.8, 4) is 6.07 Å². The van der Waals surface area contributed by atoms with Crippen molar-refractivity contribution in [2.75, 3.05) is 5.75 Å². The number of thioether (sulfide) groups is 1. The van der Waals surface area contributed by atoms with Crippen LogP contribution in [0.25, 0.3) is 10.2 Å². The summed E-state index contributed by atoms with van der Waals surface area (Å²) in [6.45, 7) is 1.45. The van der Waals surface area contributed by atoms with Crippen LogP contribution in [0.15, 0.2) is 13.8 Å². The Morgan fingerprint density at radius 2 is 2.17 bits per heavy atom. The lowest BCUT2D eigenvalue weighted by atomic mass is 10.3. The Kier molecular flexibility index (Phi) is 3.36. The summed E-state index contributed by atoms with van der Waals surface area (Å²) in [5.41, 5.74) is -0.693. The van der Waals surface area contributed by atoms with Gasteiger partial charge in [-0.25, -0.2) is 4.79 Å². The van der Waals surface area contributed by atoms with Gasteiger partial charge in [-0.15, -0.1) is 23.1 Å². The van der Waals surface area contributed by atoms with E-state index in [-0.39, 0.29) is 27.3 Å². The number of carbonyl (C=O) groups excluding carboxylic acids is 1. The number of fused-ring (bicyclic) bond motifs is 1. The number of hydrogen-bond donors (Lipinski definition) is 2. The van der Waals surface area contributed by atoms with Gasteiger partial charge in [0.1, 0.15) is 22.1 Å². The monoisotopic (exact) mass is 281 g/mol. The van der Waals surface area contributed by atoms with Gasteiger partial charge < -0.3 is 4.98 Å². The summed E-state index contributed by atoms with van der Waals surface area (Å²) in [5.74, 6) is 0.202. The summed E-state index contributed by atoms with van der Waals surface area (Å²) in [6, 6.07) is 1.95. The minimum atomic E-state index is -0.648. The zero-order valence-electron chi connectivity index (χ0n) is 9.20. The molecule has 0 aliphatic heterocycles. The highest BCUT2D eigenvalue weighted by Crippen LogP contribution is 2.34. The fraction of sp³-hybridized carbons (Fsp3) is 0.200. The van der Waals surface area contributed by atoms with Crippen molar-refractivity contribution in [3.63, 3.8) is 0 Å². The predicted octanol–water partition coefficient (Wildman–Crippen LogP) is 0.831. The van der Waals surface area contributed by atoms with Gasteiger partial charge in [0.05, 0.1) is 15.5 Å². The van der Waals surface area contributed by atoms with E-state index >= 15 is 0 Å². The maximum atomic E-state index is 11.6. The third kappa shape index (κ3) is 2.23. The van der Waals surface area contributed by atoms with Crippen molar-refractivity contribution in [1.82, 2.24) is 9.97 Å². The van der Waals surface area contributed by atoms with E-state index in [1.165, 1.54) is 18.7 Å². The Morgan fingerprint density at radius 3 is 2.78 bits per heavy atom. The first-order chi connectivity index (χ1) is 8.52. The molecule has 2 aromatic rings. The van der Waals surface area contributed by atoms with Crippen LogP contribution in [0.2, 0.25) is 0 Å². The van der Waals surface area contributed by atoms with Crippen LogP contribution >= 0.6 is 23.1 Å². The maximum Gasteiger partial charge on any atom is 0.326 e. The third-order valence-corrected chi connectivity index (χ3v) is 4.67. The Labute approximate surface area is 109 Å². The van der Waals surface area contributed by atoms with Crippen LogP contribution in [0.5, 0.6) is 0 Å². The molecule has 0 atom stereocenters. The molecule has 2 aromatic heterocycles. The molecule has 6 nitrogen and oxygen atoms in total. The average Bonchev–Trinajstić information content (AvgIpc) is 2.64. The minimum Gasteiger partial charge on any atom is -0.305 e. The number of thiophene rings is 1. The number of aromatic nitrogens is 2. The fourth-order valence-electron chi connectivity index (χ4n) is 1.36. The van der Waals surface area contributed by atoms with Crippen LogP contribution in [0, 0.1) is 11.3 Å². The molecule has 0 spiro atoms. The minimum absolute atomic E-state index is 0.0243.